The number of amides is 1. The van der Waals surface area contributed by atoms with Crippen LogP contribution >= 0.6 is 0 Å². The van der Waals surface area contributed by atoms with Crippen LogP contribution in [-0.4, -0.2) is 31.2 Å². The number of hydrogen-bond acceptors (Lipinski definition) is 4. The summed E-state index contributed by atoms with van der Waals surface area (Å²) in [4.78, 5) is 21.0. The zero-order valence-corrected chi connectivity index (χ0v) is 11.5. The molecule has 0 aliphatic carbocycles. The lowest BCUT2D eigenvalue weighted by molar-refractivity contribution is -0.137. The van der Waals surface area contributed by atoms with Gasteiger partial charge in [0.1, 0.15) is 0 Å². The molecule has 0 saturated heterocycles. The monoisotopic (exact) mass is 300 g/mol. The van der Waals surface area contributed by atoms with Crippen molar-refractivity contribution in [3.8, 4) is 0 Å². The fourth-order valence-corrected chi connectivity index (χ4v) is 2.66. The van der Waals surface area contributed by atoms with Crippen LogP contribution in [0, 0.1) is 0 Å². The van der Waals surface area contributed by atoms with Crippen molar-refractivity contribution in [2.45, 2.75) is 19.3 Å². The van der Waals surface area contributed by atoms with Gasteiger partial charge in [0.15, 0.2) is 0 Å². The highest BCUT2D eigenvalue weighted by molar-refractivity contribution is 7.92. The van der Waals surface area contributed by atoms with Crippen molar-refractivity contribution < 1.29 is 23.1 Å². The number of nitrogens with two attached hydrogens (primary N) is 1. The molecule has 0 aliphatic rings. The minimum Gasteiger partial charge on any atom is -0.481 e. The summed E-state index contributed by atoms with van der Waals surface area (Å²) >= 11 is 0. The molecule has 0 aromatic heterocycles. The third-order valence-electron chi connectivity index (χ3n) is 2.41. The molecule has 0 saturated carbocycles. The largest absolute Gasteiger partial charge is 0.481 e. The SMILES string of the molecule is NC(=O)Cc1ccc(NS(=O)(=O)CCCC(=O)O)cc1. The third kappa shape index (κ3) is 6.19. The highest BCUT2D eigenvalue weighted by Gasteiger charge is 2.11. The number of carboxylic acids is 1. The van der Waals surface area contributed by atoms with Gasteiger partial charge in [0, 0.05) is 12.1 Å². The van der Waals surface area contributed by atoms with Crippen LogP contribution in [0.5, 0.6) is 0 Å². The molecule has 4 N–H and O–H groups in total. The van der Waals surface area contributed by atoms with Crippen molar-refractivity contribution in [2.24, 2.45) is 5.73 Å². The van der Waals surface area contributed by atoms with Crippen LogP contribution in [-0.2, 0) is 26.0 Å². The summed E-state index contributed by atoms with van der Waals surface area (Å²) in [5.41, 5.74) is 6.09. The van der Waals surface area contributed by atoms with E-state index in [9.17, 15) is 18.0 Å². The van der Waals surface area contributed by atoms with Crippen molar-refractivity contribution in [3.05, 3.63) is 29.8 Å². The molecule has 0 aliphatic heterocycles. The smallest absolute Gasteiger partial charge is 0.303 e. The maximum absolute atomic E-state index is 11.7. The van der Waals surface area contributed by atoms with Gasteiger partial charge < -0.3 is 10.8 Å². The maximum Gasteiger partial charge on any atom is 0.303 e. The summed E-state index contributed by atoms with van der Waals surface area (Å²) in [5, 5.41) is 8.45. The van der Waals surface area contributed by atoms with Gasteiger partial charge in [-0.05, 0) is 24.1 Å². The van der Waals surface area contributed by atoms with Gasteiger partial charge >= 0.3 is 5.97 Å². The van der Waals surface area contributed by atoms with Gasteiger partial charge in [-0.25, -0.2) is 8.42 Å². The quantitative estimate of drug-likeness (QED) is 0.637. The van der Waals surface area contributed by atoms with E-state index in [1.807, 2.05) is 0 Å². The number of sulfonamides is 1. The summed E-state index contributed by atoms with van der Waals surface area (Å²) in [6.45, 7) is 0. The molecular weight excluding hydrogens is 284 g/mol. The van der Waals surface area contributed by atoms with Crippen LogP contribution in [0.1, 0.15) is 18.4 Å². The van der Waals surface area contributed by atoms with Crippen molar-refractivity contribution in [3.63, 3.8) is 0 Å². The number of nitrogens with one attached hydrogen (secondary N) is 1. The number of carboxylic acid groups (broad SMARTS) is 1. The van der Waals surface area contributed by atoms with E-state index in [0.29, 0.717) is 11.3 Å². The predicted molar refractivity (Wildman–Crippen MR) is 73.6 cm³/mol. The highest BCUT2D eigenvalue weighted by atomic mass is 32.2. The molecule has 0 atom stereocenters. The first kappa shape index (κ1) is 16.0. The Balaban J connectivity index is 2.58. The van der Waals surface area contributed by atoms with Gasteiger partial charge in [0.2, 0.25) is 15.9 Å². The molecule has 7 nitrogen and oxygen atoms in total. The topological polar surface area (TPSA) is 127 Å². The zero-order chi connectivity index (χ0) is 15.2. The first-order valence-corrected chi connectivity index (χ1v) is 7.53. The van der Waals surface area contributed by atoms with Gasteiger partial charge in [-0.3, -0.25) is 14.3 Å². The Bertz CT molecular complexity index is 580. The second kappa shape index (κ2) is 6.90. The molecule has 0 radical (unpaired) electrons. The maximum atomic E-state index is 11.7. The Kier molecular flexibility index (Phi) is 5.51. The molecule has 0 unspecified atom stereocenters. The lowest BCUT2D eigenvalue weighted by Gasteiger charge is -2.08. The Morgan fingerprint density at radius 1 is 1.20 bits per heavy atom. The fourth-order valence-electron chi connectivity index (χ4n) is 1.54. The molecule has 0 spiro atoms. The Hall–Kier alpha value is -2.09. The number of benzene rings is 1. The molecule has 1 amide bonds. The molecule has 1 rings (SSSR count). The zero-order valence-electron chi connectivity index (χ0n) is 10.7. The van der Waals surface area contributed by atoms with Gasteiger partial charge in [0.05, 0.1) is 12.2 Å². The Labute approximate surface area is 116 Å². The Morgan fingerprint density at radius 2 is 1.80 bits per heavy atom. The second-order valence-corrected chi connectivity index (χ2v) is 6.10. The van der Waals surface area contributed by atoms with Gasteiger partial charge in [0.25, 0.3) is 0 Å². The number of primary amides is 1. The van der Waals surface area contributed by atoms with Crippen molar-refractivity contribution in [2.75, 3.05) is 10.5 Å². The highest BCUT2D eigenvalue weighted by Crippen LogP contribution is 2.12. The van der Waals surface area contributed by atoms with Crippen LogP contribution in [0.3, 0.4) is 0 Å². The average Bonchev–Trinajstić information content (AvgIpc) is 2.29. The van der Waals surface area contributed by atoms with Crippen molar-refractivity contribution in [1.29, 1.82) is 0 Å². The van der Waals surface area contributed by atoms with Crippen LogP contribution in [0.4, 0.5) is 5.69 Å². The van der Waals surface area contributed by atoms with E-state index in [4.69, 9.17) is 10.8 Å². The molecule has 0 fully saturated rings. The van der Waals surface area contributed by atoms with E-state index in [1.165, 1.54) is 12.1 Å². The van der Waals surface area contributed by atoms with Crippen molar-refractivity contribution >= 4 is 27.6 Å². The van der Waals surface area contributed by atoms with Crippen LogP contribution in [0.15, 0.2) is 24.3 Å². The first-order chi connectivity index (χ1) is 9.28. The molecule has 0 bridgehead atoms. The normalized spacial score (nSPS) is 11.0. The average molecular weight is 300 g/mol. The van der Waals surface area contributed by atoms with Gasteiger partial charge in [-0.1, -0.05) is 12.1 Å². The van der Waals surface area contributed by atoms with Gasteiger partial charge in [-0.2, -0.15) is 0 Å². The molecule has 20 heavy (non-hydrogen) atoms. The van der Waals surface area contributed by atoms with Crippen LogP contribution in [0.2, 0.25) is 0 Å². The lowest BCUT2D eigenvalue weighted by atomic mass is 10.1. The predicted octanol–water partition coefficient (Wildman–Crippen LogP) is 0.321. The van der Waals surface area contributed by atoms with Crippen LogP contribution in [0.25, 0.3) is 0 Å². The van der Waals surface area contributed by atoms with E-state index < -0.39 is 21.9 Å². The summed E-state index contributed by atoms with van der Waals surface area (Å²) in [5.74, 6) is -1.76. The first-order valence-electron chi connectivity index (χ1n) is 5.88. The van der Waals surface area contributed by atoms with E-state index >= 15 is 0 Å². The number of hydrogen-bond donors (Lipinski definition) is 3. The van der Waals surface area contributed by atoms with E-state index in [1.54, 1.807) is 12.1 Å². The minimum absolute atomic E-state index is 0.0461. The third-order valence-corrected chi connectivity index (χ3v) is 3.78. The summed E-state index contributed by atoms with van der Waals surface area (Å²) in [6.07, 6.45) is -0.0610. The number of anilines is 1. The molecule has 1 aromatic rings. The standard InChI is InChI=1S/C12H16N2O5S/c13-11(15)8-9-3-5-10(6-4-9)14-20(18,19)7-1-2-12(16)17/h3-6,14H,1-2,7-8H2,(H2,13,15)(H,16,17). The molecular formula is C12H16N2O5S. The summed E-state index contributed by atoms with van der Waals surface area (Å²) < 4.78 is 25.7. The molecule has 0 heterocycles. The Morgan fingerprint density at radius 3 is 2.30 bits per heavy atom. The number of aliphatic carboxylic acids is 1. The summed E-state index contributed by atoms with van der Waals surface area (Å²) in [7, 11) is -3.57. The van der Waals surface area contributed by atoms with Crippen molar-refractivity contribution in [1.82, 2.24) is 0 Å². The van der Waals surface area contributed by atoms with Crippen LogP contribution < -0.4 is 10.5 Å². The fraction of sp³-hybridized carbons (Fsp3) is 0.333. The number of carbonyl (C=O) groups is 2. The molecule has 110 valence electrons. The second-order valence-electron chi connectivity index (χ2n) is 4.26. The van der Waals surface area contributed by atoms with Gasteiger partial charge in [-0.15, -0.1) is 0 Å². The molecule has 1 aromatic carbocycles. The molecule has 8 heteroatoms. The minimum atomic E-state index is -3.57. The van der Waals surface area contributed by atoms with E-state index in [-0.39, 0.29) is 25.0 Å². The lowest BCUT2D eigenvalue weighted by Crippen LogP contribution is -2.17. The number of rotatable bonds is 8. The van der Waals surface area contributed by atoms with E-state index in [2.05, 4.69) is 4.72 Å². The van der Waals surface area contributed by atoms with E-state index in [0.717, 1.165) is 0 Å². The summed E-state index contributed by atoms with van der Waals surface area (Å²) in [6, 6.07) is 6.24. The number of carbonyl (C=O) groups excluding carboxylic acids is 1.